The molecular formula is C5H9N3S. The lowest BCUT2D eigenvalue weighted by Gasteiger charge is -1.91. The van der Waals surface area contributed by atoms with Gasteiger partial charge in [0.15, 0.2) is 0 Å². The Bertz CT molecular complexity index is 149. The van der Waals surface area contributed by atoms with Gasteiger partial charge in [0.05, 0.1) is 0 Å². The second kappa shape index (κ2) is 3.53. The van der Waals surface area contributed by atoms with Crippen molar-refractivity contribution < 1.29 is 0 Å². The Hall–Kier alpha value is -0.480. The lowest BCUT2D eigenvalue weighted by Crippen LogP contribution is -1.93. The van der Waals surface area contributed by atoms with Crippen LogP contribution in [0.3, 0.4) is 0 Å². The Morgan fingerprint density at radius 1 is 1.78 bits per heavy atom. The molecule has 0 atom stereocenters. The maximum absolute atomic E-state index is 5.27. The molecule has 0 saturated heterocycles. The average molecular weight is 143 g/mol. The summed E-state index contributed by atoms with van der Waals surface area (Å²) in [6.45, 7) is 0. The molecule has 4 heteroatoms. The maximum atomic E-state index is 5.27. The van der Waals surface area contributed by atoms with E-state index < -0.39 is 0 Å². The molecule has 0 aliphatic heterocycles. The fourth-order valence-electron chi connectivity index (χ4n) is 0.534. The van der Waals surface area contributed by atoms with Crippen molar-refractivity contribution in [3.8, 4) is 0 Å². The molecule has 50 valence electrons. The Balaban J connectivity index is 2.30. The normalized spacial score (nSPS) is 9.89. The predicted molar refractivity (Wildman–Crippen MR) is 38.9 cm³/mol. The molecule has 0 amide bonds. The van der Waals surface area contributed by atoms with Crippen LogP contribution in [0.2, 0.25) is 0 Å². The van der Waals surface area contributed by atoms with Crippen molar-refractivity contribution in [2.75, 3.05) is 5.88 Å². The highest BCUT2D eigenvalue weighted by molar-refractivity contribution is 7.98. The summed E-state index contributed by atoms with van der Waals surface area (Å²) in [6.07, 6.45) is 1.74. The molecular weight excluding hydrogens is 134 g/mol. The van der Waals surface area contributed by atoms with Gasteiger partial charge in [0.25, 0.3) is 0 Å². The second-order valence-electron chi connectivity index (χ2n) is 1.60. The molecule has 1 rings (SSSR count). The van der Waals surface area contributed by atoms with Gasteiger partial charge in [-0.15, -0.1) is 11.8 Å². The van der Waals surface area contributed by atoms with Gasteiger partial charge in [0.2, 0.25) is 0 Å². The Morgan fingerprint density at radius 3 is 3.22 bits per heavy atom. The molecule has 0 fully saturated rings. The minimum Gasteiger partial charge on any atom is -0.322 e. The SMILES string of the molecule is NCSCc1ccn[nH]1. The molecule has 0 radical (unpaired) electrons. The zero-order valence-electron chi connectivity index (χ0n) is 5.00. The Morgan fingerprint density at radius 2 is 2.67 bits per heavy atom. The molecule has 0 saturated carbocycles. The number of hydrogen-bond donors (Lipinski definition) is 2. The van der Waals surface area contributed by atoms with E-state index in [2.05, 4.69) is 10.2 Å². The summed E-state index contributed by atoms with van der Waals surface area (Å²) in [5.74, 6) is 1.59. The average Bonchev–Trinajstić information content (AvgIpc) is 2.34. The molecule has 0 aliphatic rings. The van der Waals surface area contributed by atoms with Crippen molar-refractivity contribution >= 4 is 11.8 Å². The van der Waals surface area contributed by atoms with Gasteiger partial charge in [0, 0.05) is 23.5 Å². The minimum atomic E-state index is 0.666. The number of thioether (sulfide) groups is 1. The lowest BCUT2D eigenvalue weighted by atomic mass is 10.5. The molecule has 9 heavy (non-hydrogen) atoms. The van der Waals surface area contributed by atoms with Crippen molar-refractivity contribution in [1.82, 2.24) is 10.2 Å². The molecule has 0 aromatic carbocycles. The number of H-pyrrole nitrogens is 1. The highest BCUT2D eigenvalue weighted by Crippen LogP contribution is 2.05. The van der Waals surface area contributed by atoms with E-state index in [1.54, 1.807) is 18.0 Å². The van der Waals surface area contributed by atoms with Gasteiger partial charge in [-0.05, 0) is 6.07 Å². The highest BCUT2D eigenvalue weighted by atomic mass is 32.2. The number of nitrogens with one attached hydrogen (secondary N) is 1. The lowest BCUT2D eigenvalue weighted by molar-refractivity contribution is 1.04. The van der Waals surface area contributed by atoms with E-state index in [9.17, 15) is 0 Å². The van der Waals surface area contributed by atoms with E-state index in [4.69, 9.17) is 5.73 Å². The van der Waals surface area contributed by atoms with Crippen LogP contribution in [0.4, 0.5) is 0 Å². The molecule has 1 aromatic rings. The molecule has 3 nitrogen and oxygen atoms in total. The van der Waals surface area contributed by atoms with Crippen molar-refractivity contribution in [2.24, 2.45) is 5.73 Å². The van der Waals surface area contributed by atoms with Gasteiger partial charge in [0.1, 0.15) is 0 Å². The van der Waals surface area contributed by atoms with Gasteiger partial charge in [-0.25, -0.2) is 0 Å². The fraction of sp³-hybridized carbons (Fsp3) is 0.400. The minimum absolute atomic E-state index is 0.666. The van der Waals surface area contributed by atoms with Crippen LogP contribution in [0.5, 0.6) is 0 Å². The molecule has 0 unspecified atom stereocenters. The van der Waals surface area contributed by atoms with Crippen LogP contribution in [-0.2, 0) is 5.75 Å². The monoisotopic (exact) mass is 143 g/mol. The fourth-order valence-corrected chi connectivity index (χ4v) is 1.03. The van der Waals surface area contributed by atoms with E-state index in [1.165, 1.54) is 0 Å². The largest absolute Gasteiger partial charge is 0.322 e. The standard InChI is InChI=1S/C5H9N3S/c6-4-9-3-5-1-2-7-8-5/h1-2H,3-4,6H2,(H,7,8). The molecule has 0 aliphatic carbocycles. The Labute approximate surface area is 58.0 Å². The number of aromatic nitrogens is 2. The Kier molecular flexibility index (Phi) is 2.60. The number of rotatable bonds is 3. The van der Waals surface area contributed by atoms with Crippen molar-refractivity contribution in [3.05, 3.63) is 18.0 Å². The third-order valence-corrected chi connectivity index (χ3v) is 1.68. The van der Waals surface area contributed by atoms with Crippen molar-refractivity contribution in [2.45, 2.75) is 5.75 Å². The van der Waals surface area contributed by atoms with E-state index >= 15 is 0 Å². The van der Waals surface area contributed by atoms with Crippen LogP contribution in [0, 0.1) is 0 Å². The molecule has 1 heterocycles. The summed E-state index contributed by atoms with van der Waals surface area (Å²) in [6, 6.07) is 1.95. The molecule has 0 bridgehead atoms. The number of nitrogens with two attached hydrogens (primary N) is 1. The number of nitrogens with zero attached hydrogens (tertiary/aromatic N) is 1. The molecule has 3 N–H and O–H groups in total. The third kappa shape index (κ3) is 2.07. The molecule has 0 spiro atoms. The van der Waals surface area contributed by atoms with E-state index in [0.29, 0.717) is 5.88 Å². The number of aromatic amines is 1. The quantitative estimate of drug-likeness (QED) is 0.608. The topological polar surface area (TPSA) is 54.7 Å². The van der Waals surface area contributed by atoms with Crippen LogP contribution < -0.4 is 5.73 Å². The van der Waals surface area contributed by atoms with E-state index in [1.807, 2.05) is 6.07 Å². The molecule has 1 aromatic heterocycles. The summed E-state index contributed by atoms with van der Waals surface area (Å²) in [7, 11) is 0. The van der Waals surface area contributed by atoms with Crippen LogP contribution in [-0.4, -0.2) is 16.1 Å². The van der Waals surface area contributed by atoms with E-state index in [-0.39, 0.29) is 0 Å². The second-order valence-corrected chi connectivity index (χ2v) is 2.63. The predicted octanol–water partition coefficient (Wildman–Crippen LogP) is 0.559. The van der Waals surface area contributed by atoms with E-state index in [0.717, 1.165) is 11.4 Å². The van der Waals surface area contributed by atoms with Crippen LogP contribution in [0.1, 0.15) is 5.69 Å². The van der Waals surface area contributed by atoms with Gasteiger partial charge < -0.3 is 5.73 Å². The zero-order chi connectivity index (χ0) is 6.53. The zero-order valence-corrected chi connectivity index (χ0v) is 5.82. The first kappa shape index (κ1) is 6.64. The first-order valence-electron chi connectivity index (χ1n) is 2.69. The maximum Gasteiger partial charge on any atom is 0.0490 e. The smallest absolute Gasteiger partial charge is 0.0490 e. The summed E-state index contributed by atoms with van der Waals surface area (Å²) >= 11 is 1.67. The van der Waals surface area contributed by atoms with Crippen molar-refractivity contribution in [1.29, 1.82) is 0 Å². The van der Waals surface area contributed by atoms with Gasteiger partial charge in [-0.2, -0.15) is 5.10 Å². The van der Waals surface area contributed by atoms with Crippen LogP contribution in [0.15, 0.2) is 12.3 Å². The summed E-state index contributed by atoms with van der Waals surface area (Å²) < 4.78 is 0. The highest BCUT2D eigenvalue weighted by Gasteiger charge is 1.89. The first-order chi connectivity index (χ1) is 4.43. The summed E-state index contributed by atoms with van der Waals surface area (Å²) in [5.41, 5.74) is 6.40. The first-order valence-corrected chi connectivity index (χ1v) is 3.85. The van der Waals surface area contributed by atoms with Crippen LogP contribution >= 0.6 is 11.8 Å². The number of hydrogen-bond acceptors (Lipinski definition) is 3. The summed E-state index contributed by atoms with van der Waals surface area (Å²) in [5, 5.41) is 6.64. The van der Waals surface area contributed by atoms with Gasteiger partial charge in [-0.1, -0.05) is 0 Å². The van der Waals surface area contributed by atoms with Crippen LogP contribution in [0.25, 0.3) is 0 Å². The summed E-state index contributed by atoms with van der Waals surface area (Å²) in [4.78, 5) is 0. The van der Waals surface area contributed by atoms with Gasteiger partial charge >= 0.3 is 0 Å². The van der Waals surface area contributed by atoms with Gasteiger partial charge in [-0.3, -0.25) is 5.10 Å². The van der Waals surface area contributed by atoms with Crippen molar-refractivity contribution in [3.63, 3.8) is 0 Å². The third-order valence-electron chi connectivity index (χ3n) is 0.934.